The molecule has 0 aliphatic carbocycles. The van der Waals surface area contributed by atoms with Crippen molar-refractivity contribution in [3.8, 4) is 5.75 Å². The van der Waals surface area contributed by atoms with E-state index < -0.39 is 12.7 Å². The standard InChI is InChI=1S/C15H23F2NO2/c1-10(2)7-13(19)9-18-11(3)12-5-4-6-14(8-12)20-15(16)17/h4-6,8,10-11,13,15,18-19H,7,9H2,1-3H3. The molecule has 2 atom stereocenters. The lowest BCUT2D eigenvalue weighted by Crippen LogP contribution is -2.30. The smallest absolute Gasteiger partial charge is 0.387 e. The first-order valence-electron chi connectivity index (χ1n) is 6.84. The Morgan fingerprint density at radius 2 is 1.95 bits per heavy atom. The zero-order valence-electron chi connectivity index (χ0n) is 12.1. The summed E-state index contributed by atoms with van der Waals surface area (Å²) in [6.45, 7) is 3.68. The van der Waals surface area contributed by atoms with E-state index in [4.69, 9.17) is 0 Å². The summed E-state index contributed by atoms with van der Waals surface area (Å²) in [6.07, 6.45) is 0.326. The van der Waals surface area contributed by atoms with Crippen molar-refractivity contribution in [2.24, 2.45) is 5.92 Å². The number of aliphatic hydroxyl groups excluding tert-OH is 1. The molecular formula is C15H23F2NO2. The van der Waals surface area contributed by atoms with Crippen molar-refractivity contribution in [2.75, 3.05) is 6.54 Å². The Balaban J connectivity index is 2.52. The van der Waals surface area contributed by atoms with E-state index in [0.717, 1.165) is 12.0 Å². The zero-order valence-corrected chi connectivity index (χ0v) is 12.1. The maximum Gasteiger partial charge on any atom is 0.387 e. The van der Waals surface area contributed by atoms with Gasteiger partial charge < -0.3 is 15.2 Å². The molecule has 20 heavy (non-hydrogen) atoms. The highest BCUT2D eigenvalue weighted by atomic mass is 19.3. The number of nitrogens with one attached hydrogen (secondary N) is 1. The molecule has 0 bridgehead atoms. The predicted octanol–water partition coefficient (Wildman–Crippen LogP) is 3.35. The summed E-state index contributed by atoms with van der Waals surface area (Å²) in [6, 6.07) is 6.55. The molecular weight excluding hydrogens is 264 g/mol. The van der Waals surface area contributed by atoms with Crippen LogP contribution in [-0.4, -0.2) is 24.4 Å². The zero-order chi connectivity index (χ0) is 15.1. The highest BCUT2D eigenvalue weighted by Gasteiger charge is 2.11. The lowest BCUT2D eigenvalue weighted by Gasteiger charge is -2.19. The monoisotopic (exact) mass is 287 g/mol. The van der Waals surface area contributed by atoms with Crippen molar-refractivity contribution in [1.82, 2.24) is 5.32 Å². The lowest BCUT2D eigenvalue weighted by atomic mass is 10.0. The fraction of sp³-hybridized carbons (Fsp3) is 0.600. The minimum Gasteiger partial charge on any atom is -0.435 e. The van der Waals surface area contributed by atoms with Gasteiger partial charge in [0.15, 0.2) is 0 Å². The third-order valence-corrected chi connectivity index (χ3v) is 2.99. The van der Waals surface area contributed by atoms with Crippen LogP contribution in [0.1, 0.15) is 38.8 Å². The number of hydrogen-bond donors (Lipinski definition) is 2. The summed E-state index contributed by atoms with van der Waals surface area (Å²) in [5.74, 6) is 0.582. The van der Waals surface area contributed by atoms with Crippen molar-refractivity contribution in [3.63, 3.8) is 0 Å². The largest absolute Gasteiger partial charge is 0.435 e. The van der Waals surface area contributed by atoms with E-state index in [9.17, 15) is 13.9 Å². The Hall–Kier alpha value is -1.20. The maximum atomic E-state index is 12.2. The minimum absolute atomic E-state index is 0.0435. The van der Waals surface area contributed by atoms with E-state index >= 15 is 0 Å². The van der Waals surface area contributed by atoms with E-state index in [1.807, 2.05) is 13.0 Å². The second-order valence-corrected chi connectivity index (χ2v) is 5.36. The number of hydrogen-bond acceptors (Lipinski definition) is 3. The van der Waals surface area contributed by atoms with Crippen LogP contribution in [0.2, 0.25) is 0 Å². The molecule has 0 saturated carbocycles. The number of rotatable bonds is 8. The Morgan fingerprint density at radius 3 is 2.55 bits per heavy atom. The van der Waals surface area contributed by atoms with Crippen LogP contribution in [-0.2, 0) is 0 Å². The van der Waals surface area contributed by atoms with Gasteiger partial charge in [0, 0.05) is 12.6 Å². The first-order valence-corrected chi connectivity index (χ1v) is 6.84. The van der Waals surface area contributed by atoms with Crippen LogP contribution >= 0.6 is 0 Å². The van der Waals surface area contributed by atoms with Crippen LogP contribution in [0.5, 0.6) is 5.75 Å². The topological polar surface area (TPSA) is 41.5 Å². The number of halogens is 2. The van der Waals surface area contributed by atoms with E-state index in [2.05, 4.69) is 23.9 Å². The summed E-state index contributed by atoms with van der Waals surface area (Å²) in [5, 5.41) is 13.0. The second-order valence-electron chi connectivity index (χ2n) is 5.36. The van der Waals surface area contributed by atoms with Crippen LogP contribution in [0.3, 0.4) is 0 Å². The quantitative estimate of drug-likeness (QED) is 0.770. The van der Waals surface area contributed by atoms with E-state index in [1.165, 1.54) is 6.07 Å². The van der Waals surface area contributed by atoms with Gasteiger partial charge in [-0.15, -0.1) is 0 Å². The number of ether oxygens (including phenoxy) is 1. The van der Waals surface area contributed by atoms with E-state index in [0.29, 0.717) is 12.5 Å². The van der Waals surface area contributed by atoms with E-state index in [1.54, 1.807) is 12.1 Å². The molecule has 2 unspecified atom stereocenters. The Labute approximate surface area is 119 Å². The summed E-state index contributed by atoms with van der Waals surface area (Å²) in [5.41, 5.74) is 0.847. The molecule has 5 heteroatoms. The number of benzene rings is 1. The first-order chi connectivity index (χ1) is 9.38. The molecule has 0 amide bonds. The molecule has 0 fully saturated rings. The fourth-order valence-corrected chi connectivity index (χ4v) is 2.02. The van der Waals surface area contributed by atoms with Crippen molar-refractivity contribution in [3.05, 3.63) is 29.8 Å². The highest BCUT2D eigenvalue weighted by Crippen LogP contribution is 2.20. The molecule has 1 rings (SSSR count). The molecule has 0 aliphatic rings. The molecule has 1 aromatic carbocycles. The van der Waals surface area contributed by atoms with Gasteiger partial charge in [0.1, 0.15) is 5.75 Å². The summed E-state index contributed by atoms with van der Waals surface area (Å²) in [7, 11) is 0. The minimum atomic E-state index is -2.82. The fourth-order valence-electron chi connectivity index (χ4n) is 2.02. The molecule has 0 heterocycles. The van der Waals surface area contributed by atoms with Gasteiger partial charge in [0.2, 0.25) is 0 Å². The van der Waals surface area contributed by atoms with Crippen molar-refractivity contribution >= 4 is 0 Å². The van der Waals surface area contributed by atoms with Gasteiger partial charge in [0.25, 0.3) is 0 Å². The molecule has 0 saturated heterocycles. The molecule has 0 spiro atoms. The first kappa shape index (κ1) is 16.9. The van der Waals surface area contributed by atoms with Crippen molar-refractivity contribution in [2.45, 2.75) is 45.9 Å². The van der Waals surface area contributed by atoms with Gasteiger partial charge in [-0.05, 0) is 37.0 Å². The summed E-state index contributed by atoms with van der Waals surface area (Å²) < 4.78 is 28.7. The van der Waals surface area contributed by atoms with Gasteiger partial charge in [0.05, 0.1) is 6.10 Å². The Kier molecular flexibility index (Phi) is 6.88. The van der Waals surface area contributed by atoms with Gasteiger partial charge >= 0.3 is 6.61 Å². The lowest BCUT2D eigenvalue weighted by molar-refractivity contribution is -0.0499. The van der Waals surface area contributed by atoms with Crippen LogP contribution in [0.25, 0.3) is 0 Å². The van der Waals surface area contributed by atoms with Crippen LogP contribution in [0.15, 0.2) is 24.3 Å². The number of aliphatic hydroxyl groups is 1. The van der Waals surface area contributed by atoms with Crippen LogP contribution in [0, 0.1) is 5.92 Å². The molecule has 3 nitrogen and oxygen atoms in total. The Morgan fingerprint density at radius 1 is 1.25 bits per heavy atom. The van der Waals surface area contributed by atoms with Gasteiger partial charge in [-0.2, -0.15) is 8.78 Å². The van der Waals surface area contributed by atoms with Crippen molar-refractivity contribution < 1.29 is 18.6 Å². The van der Waals surface area contributed by atoms with Crippen LogP contribution < -0.4 is 10.1 Å². The van der Waals surface area contributed by atoms with Gasteiger partial charge in [-0.1, -0.05) is 26.0 Å². The molecule has 0 aromatic heterocycles. The second kappa shape index (κ2) is 8.17. The van der Waals surface area contributed by atoms with Crippen molar-refractivity contribution in [1.29, 1.82) is 0 Å². The van der Waals surface area contributed by atoms with E-state index in [-0.39, 0.29) is 11.8 Å². The molecule has 0 aliphatic heterocycles. The van der Waals surface area contributed by atoms with Gasteiger partial charge in [-0.3, -0.25) is 0 Å². The average Bonchev–Trinajstić information content (AvgIpc) is 2.34. The number of alkyl halides is 2. The predicted molar refractivity (Wildman–Crippen MR) is 75.0 cm³/mol. The normalized spacial score (nSPS) is 14.6. The third-order valence-electron chi connectivity index (χ3n) is 2.99. The summed E-state index contributed by atoms with van der Waals surface area (Å²) in [4.78, 5) is 0. The third kappa shape index (κ3) is 6.30. The summed E-state index contributed by atoms with van der Waals surface area (Å²) >= 11 is 0. The van der Waals surface area contributed by atoms with Gasteiger partial charge in [-0.25, -0.2) is 0 Å². The highest BCUT2D eigenvalue weighted by molar-refractivity contribution is 5.30. The molecule has 0 radical (unpaired) electrons. The Bertz CT molecular complexity index is 399. The molecule has 114 valence electrons. The maximum absolute atomic E-state index is 12.2. The SMILES string of the molecule is CC(C)CC(O)CNC(C)c1cccc(OC(F)F)c1. The average molecular weight is 287 g/mol. The van der Waals surface area contributed by atoms with Crippen LogP contribution in [0.4, 0.5) is 8.78 Å². The molecule has 2 N–H and O–H groups in total. The molecule has 1 aromatic rings.